The van der Waals surface area contributed by atoms with Crippen LogP contribution in [0.4, 0.5) is 0 Å². The minimum Gasteiger partial charge on any atom is -0.313 e. The fraction of sp³-hybridized carbons (Fsp3) is 0.286. The van der Waals surface area contributed by atoms with Gasteiger partial charge in [-0.2, -0.15) is 0 Å². The molecule has 0 bridgehead atoms. The molecule has 18 heavy (non-hydrogen) atoms. The van der Waals surface area contributed by atoms with E-state index in [9.17, 15) is 0 Å². The van der Waals surface area contributed by atoms with Crippen LogP contribution in [0, 0.1) is 6.92 Å². The van der Waals surface area contributed by atoms with Crippen LogP contribution < -0.4 is 5.32 Å². The number of hydrogen-bond donors (Lipinski definition) is 1. The van der Waals surface area contributed by atoms with Gasteiger partial charge < -0.3 is 5.32 Å². The highest BCUT2D eigenvalue weighted by molar-refractivity contribution is 7.20. The summed E-state index contributed by atoms with van der Waals surface area (Å²) in [7, 11) is 1.95. The average molecular weight is 300 g/mol. The van der Waals surface area contributed by atoms with E-state index in [1.165, 1.54) is 22.5 Å². The molecule has 1 nitrogen and oxygen atoms in total. The van der Waals surface area contributed by atoms with E-state index in [-0.39, 0.29) is 6.04 Å². The van der Waals surface area contributed by atoms with Crippen molar-refractivity contribution in [3.05, 3.63) is 55.7 Å². The van der Waals surface area contributed by atoms with Crippen molar-refractivity contribution in [1.82, 2.24) is 5.32 Å². The van der Waals surface area contributed by atoms with Crippen molar-refractivity contribution in [2.45, 2.75) is 19.4 Å². The van der Waals surface area contributed by atoms with Gasteiger partial charge in [0.15, 0.2) is 0 Å². The second-order valence-electron chi connectivity index (χ2n) is 4.31. The third kappa shape index (κ3) is 3.27. The number of halogens is 2. The molecule has 1 aromatic carbocycles. The Morgan fingerprint density at radius 2 is 1.89 bits per heavy atom. The quantitative estimate of drug-likeness (QED) is 0.849. The number of rotatable bonds is 4. The Kier molecular flexibility index (Phi) is 4.68. The summed E-state index contributed by atoms with van der Waals surface area (Å²) in [6.45, 7) is 2.09. The molecule has 0 saturated heterocycles. The zero-order chi connectivity index (χ0) is 13.1. The third-order valence-electron chi connectivity index (χ3n) is 2.97. The van der Waals surface area contributed by atoms with Gasteiger partial charge in [-0.15, -0.1) is 11.3 Å². The number of thiophene rings is 1. The van der Waals surface area contributed by atoms with Crippen LogP contribution in [0.5, 0.6) is 0 Å². The van der Waals surface area contributed by atoms with E-state index < -0.39 is 0 Å². The lowest BCUT2D eigenvalue weighted by Crippen LogP contribution is -2.18. The molecule has 0 saturated carbocycles. The second-order valence-corrected chi connectivity index (χ2v) is 6.60. The van der Waals surface area contributed by atoms with Crippen LogP contribution in [-0.2, 0) is 6.42 Å². The van der Waals surface area contributed by atoms with E-state index in [2.05, 4.69) is 36.5 Å². The molecule has 2 rings (SSSR count). The molecule has 0 aliphatic rings. The Labute approximate surface area is 122 Å². The Balaban J connectivity index is 2.19. The highest BCUT2D eigenvalue weighted by Gasteiger charge is 2.16. The van der Waals surface area contributed by atoms with Gasteiger partial charge in [-0.1, -0.05) is 53.0 Å². The molecule has 4 heteroatoms. The standard InChI is InChI=1S/C14H15Cl2NS/c1-9-3-5-10(6-4-9)7-12(17-2)11-8-13(15)18-14(11)16/h3-6,8,12,17H,7H2,1-2H3. The molecular weight excluding hydrogens is 285 g/mol. The molecule has 0 aliphatic heterocycles. The van der Waals surface area contributed by atoms with Gasteiger partial charge in [-0.25, -0.2) is 0 Å². The molecule has 2 aromatic rings. The lowest BCUT2D eigenvalue weighted by molar-refractivity contribution is 0.594. The minimum atomic E-state index is 0.198. The summed E-state index contributed by atoms with van der Waals surface area (Å²) in [4.78, 5) is 0. The number of likely N-dealkylation sites (N-methyl/N-ethyl adjacent to an activating group) is 1. The molecule has 0 spiro atoms. The maximum absolute atomic E-state index is 6.20. The second kappa shape index (κ2) is 6.07. The summed E-state index contributed by atoms with van der Waals surface area (Å²) in [5.41, 5.74) is 3.64. The topological polar surface area (TPSA) is 12.0 Å². The molecule has 0 fully saturated rings. The zero-order valence-corrected chi connectivity index (χ0v) is 12.7. The van der Waals surface area contributed by atoms with Crippen molar-refractivity contribution >= 4 is 34.5 Å². The van der Waals surface area contributed by atoms with E-state index in [0.717, 1.165) is 20.7 Å². The van der Waals surface area contributed by atoms with Crippen molar-refractivity contribution < 1.29 is 0 Å². The monoisotopic (exact) mass is 299 g/mol. The number of benzene rings is 1. The van der Waals surface area contributed by atoms with E-state index in [0.29, 0.717) is 0 Å². The largest absolute Gasteiger partial charge is 0.313 e. The van der Waals surface area contributed by atoms with Gasteiger partial charge in [0.05, 0.1) is 8.67 Å². The summed E-state index contributed by atoms with van der Waals surface area (Å²) in [5, 5.41) is 3.30. The first-order chi connectivity index (χ1) is 8.60. The molecule has 1 N–H and O–H groups in total. The van der Waals surface area contributed by atoms with E-state index in [1.807, 2.05) is 13.1 Å². The van der Waals surface area contributed by atoms with Gasteiger partial charge in [-0.05, 0) is 32.0 Å². The summed E-state index contributed by atoms with van der Waals surface area (Å²) >= 11 is 13.6. The fourth-order valence-electron chi connectivity index (χ4n) is 1.92. The predicted octanol–water partition coefficient (Wildman–Crippen LogP) is 4.87. The maximum atomic E-state index is 6.20. The SMILES string of the molecule is CNC(Cc1ccc(C)cc1)c1cc(Cl)sc1Cl. The van der Waals surface area contributed by atoms with E-state index in [4.69, 9.17) is 23.2 Å². The van der Waals surface area contributed by atoms with Crippen LogP contribution in [0.15, 0.2) is 30.3 Å². The van der Waals surface area contributed by atoms with Gasteiger partial charge in [0.25, 0.3) is 0 Å². The normalized spacial score (nSPS) is 12.7. The summed E-state index contributed by atoms with van der Waals surface area (Å²) < 4.78 is 1.51. The fourth-order valence-corrected chi connectivity index (χ4v) is 3.50. The first-order valence-corrected chi connectivity index (χ1v) is 7.35. The summed E-state index contributed by atoms with van der Waals surface area (Å²) in [6.07, 6.45) is 0.906. The van der Waals surface area contributed by atoms with Gasteiger partial charge in [-0.3, -0.25) is 0 Å². The molecule has 0 amide bonds. The lowest BCUT2D eigenvalue weighted by Gasteiger charge is -2.15. The van der Waals surface area contributed by atoms with Crippen molar-refractivity contribution in [3.8, 4) is 0 Å². The number of nitrogens with one attached hydrogen (secondary N) is 1. The van der Waals surface area contributed by atoms with E-state index in [1.54, 1.807) is 0 Å². The van der Waals surface area contributed by atoms with Crippen LogP contribution >= 0.6 is 34.5 Å². The highest BCUT2D eigenvalue weighted by Crippen LogP contribution is 2.36. The summed E-state index contributed by atoms with van der Waals surface area (Å²) in [6, 6.07) is 10.7. The Morgan fingerprint density at radius 3 is 2.39 bits per heavy atom. The third-order valence-corrected chi connectivity index (χ3v) is 4.49. The number of aryl methyl sites for hydroxylation is 1. The molecule has 0 radical (unpaired) electrons. The molecule has 0 aliphatic carbocycles. The lowest BCUT2D eigenvalue weighted by atomic mass is 10.0. The zero-order valence-electron chi connectivity index (χ0n) is 10.3. The highest BCUT2D eigenvalue weighted by atomic mass is 35.5. The predicted molar refractivity (Wildman–Crippen MR) is 81.0 cm³/mol. The van der Waals surface area contributed by atoms with Crippen LogP contribution in [0.3, 0.4) is 0 Å². The van der Waals surface area contributed by atoms with Crippen LogP contribution in [0.25, 0.3) is 0 Å². The van der Waals surface area contributed by atoms with Crippen molar-refractivity contribution in [2.24, 2.45) is 0 Å². The molecule has 96 valence electrons. The maximum Gasteiger partial charge on any atom is 0.0992 e. The first kappa shape index (κ1) is 13.9. The van der Waals surface area contributed by atoms with E-state index >= 15 is 0 Å². The molecule has 1 heterocycles. The Bertz CT molecular complexity index is 519. The van der Waals surface area contributed by atoms with Crippen LogP contribution in [0.1, 0.15) is 22.7 Å². The molecule has 1 atom stereocenters. The molecule has 1 unspecified atom stereocenters. The average Bonchev–Trinajstić information content (AvgIpc) is 2.68. The minimum absolute atomic E-state index is 0.198. The Hall–Kier alpha value is -0.540. The number of hydrogen-bond acceptors (Lipinski definition) is 2. The van der Waals surface area contributed by atoms with Crippen molar-refractivity contribution in [1.29, 1.82) is 0 Å². The van der Waals surface area contributed by atoms with Crippen LogP contribution in [0.2, 0.25) is 8.67 Å². The Morgan fingerprint density at radius 1 is 1.22 bits per heavy atom. The van der Waals surface area contributed by atoms with Gasteiger partial charge in [0.1, 0.15) is 0 Å². The smallest absolute Gasteiger partial charge is 0.0992 e. The van der Waals surface area contributed by atoms with Gasteiger partial charge >= 0.3 is 0 Å². The van der Waals surface area contributed by atoms with Crippen molar-refractivity contribution in [2.75, 3.05) is 7.05 Å². The van der Waals surface area contributed by atoms with Gasteiger partial charge in [0, 0.05) is 11.6 Å². The molecule has 1 aromatic heterocycles. The van der Waals surface area contributed by atoms with Crippen molar-refractivity contribution in [3.63, 3.8) is 0 Å². The van der Waals surface area contributed by atoms with Crippen LogP contribution in [-0.4, -0.2) is 7.05 Å². The molecular formula is C14H15Cl2NS. The van der Waals surface area contributed by atoms with Gasteiger partial charge in [0.2, 0.25) is 0 Å². The first-order valence-electron chi connectivity index (χ1n) is 5.77. The summed E-state index contributed by atoms with van der Waals surface area (Å²) in [5.74, 6) is 0.